The lowest BCUT2D eigenvalue weighted by Crippen LogP contribution is -1.95. The molecular weight excluding hydrogens is 318 g/mol. The highest BCUT2D eigenvalue weighted by Gasteiger charge is 2.16. The van der Waals surface area contributed by atoms with Crippen LogP contribution in [-0.4, -0.2) is 20.5 Å². The number of aromatic nitrogens is 3. The molecule has 0 radical (unpaired) electrons. The number of nitrogens with two attached hydrogens (primary N) is 1. The van der Waals surface area contributed by atoms with E-state index >= 15 is 0 Å². The third kappa shape index (κ3) is 3.48. The summed E-state index contributed by atoms with van der Waals surface area (Å²) in [6.07, 6.45) is 1.79. The summed E-state index contributed by atoms with van der Waals surface area (Å²) in [5.41, 5.74) is 11.2. The lowest BCUT2D eigenvalue weighted by Gasteiger charge is -2.05. The minimum atomic E-state index is 0.521. The third-order valence-corrected chi connectivity index (χ3v) is 4.24. The second kappa shape index (κ2) is 8.06. The first-order valence-corrected chi connectivity index (χ1v) is 9.16. The van der Waals surface area contributed by atoms with Gasteiger partial charge in [-0.05, 0) is 24.6 Å². The largest absolute Gasteiger partial charge is 0.383 e. The molecule has 0 bridgehead atoms. The van der Waals surface area contributed by atoms with Crippen LogP contribution in [0.25, 0.3) is 22.2 Å². The molecule has 24 heavy (non-hydrogen) atoms. The number of benzene rings is 1. The number of nitrogen functional groups attached to an aromatic ring is 1. The van der Waals surface area contributed by atoms with E-state index in [0.717, 1.165) is 39.2 Å². The van der Waals surface area contributed by atoms with Crippen LogP contribution in [-0.2, 0) is 7.05 Å². The van der Waals surface area contributed by atoms with Crippen LogP contribution in [0.1, 0.15) is 26.3 Å². The second-order valence-electron chi connectivity index (χ2n) is 5.13. The fourth-order valence-corrected chi connectivity index (χ4v) is 3.01. The van der Waals surface area contributed by atoms with Crippen LogP contribution in [0.4, 0.5) is 11.5 Å². The van der Waals surface area contributed by atoms with Gasteiger partial charge in [-0.1, -0.05) is 44.9 Å². The van der Waals surface area contributed by atoms with Gasteiger partial charge in [-0.3, -0.25) is 4.68 Å². The van der Waals surface area contributed by atoms with Crippen molar-refractivity contribution in [1.29, 1.82) is 0 Å². The van der Waals surface area contributed by atoms with Crippen molar-refractivity contribution in [2.24, 2.45) is 7.05 Å². The van der Waals surface area contributed by atoms with E-state index in [1.807, 2.05) is 32.5 Å². The van der Waals surface area contributed by atoms with E-state index in [1.54, 1.807) is 18.1 Å². The number of hydrogen-bond donors (Lipinski definition) is 2. The van der Waals surface area contributed by atoms with Gasteiger partial charge in [0.05, 0.1) is 10.9 Å². The topological polar surface area (TPSA) is 68.8 Å². The van der Waals surface area contributed by atoms with Gasteiger partial charge in [-0.15, -0.1) is 0 Å². The van der Waals surface area contributed by atoms with Crippen LogP contribution >= 0.6 is 11.9 Å². The first-order chi connectivity index (χ1) is 11.6. The fourth-order valence-electron chi connectivity index (χ4n) is 2.56. The highest BCUT2D eigenvalue weighted by molar-refractivity contribution is 8.00. The molecule has 3 N–H and O–H groups in total. The summed E-state index contributed by atoms with van der Waals surface area (Å²) >= 11 is 1.67. The molecule has 0 saturated carbocycles. The van der Waals surface area contributed by atoms with Gasteiger partial charge in [0.2, 0.25) is 0 Å². The Hall–Kier alpha value is -2.21. The molecule has 2 aromatic heterocycles. The van der Waals surface area contributed by atoms with Crippen molar-refractivity contribution in [3.05, 3.63) is 36.0 Å². The average Bonchev–Trinajstić information content (AvgIpc) is 2.97. The summed E-state index contributed by atoms with van der Waals surface area (Å²) < 4.78 is 5.16. The molecule has 2 heterocycles. The molecule has 0 amide bonds. The predicted molar refractivity (Wildman–Crippen MR) is 106 cm³/mol. The summed E-state index contributed by atoms with van der Waals surface area (Å²) in [7, 11) is 1.94. The van der Waals surface area contributed by atoms with E-state index < -0.39 is 0 Å². The molecule has 0 aliphatic heterocycles. The minimum absolute atomic E-state index is 0.521. The van der Waals surface area contributed by atoms with Gasteiger partial charge in [0.1, 0.15) is 11.5 Å². The van der Waals surface area contributed by atoms with Gasteiger partial charge < -0.3 is 10.5 Å². The Bertz CT molecular complexity index is 808. The molecule has 0 spiro atoms. The standard InChI is InChI=1S/C16H19N5S.C2H6/c1-4-22-20-12-7-5-11(6-8-12)14-13-15(21(3)19-14)10(2)9-18-16(13)17;1-2/h5-9,20H,4H2,1-3H3,(H2,17,18);1-2H3. The maximum Gasteiger partial charge on any atom is 0.135 e. The summed E-state index contributed by atoms with van der Waals surface area (Å²) in [5, 5.41) is 5.57. The number of anilines is 2. The molecule has 3 aromatic rings. The number of hydrogen-bond acceptors (Lipinski definition) is 5. The maximum atomic E-state index is 6.09. The monoisotopic (exact) mass is 343 g/mol. The molecule has 128 valence electrons. The lowest BCUT2D eigenvalue weighted by atomic mass is 10.1. The van der Waals surface area contributed by atoms with Crippen LogP contribution in [0.15, 0.2) is 30.5 Å². The Morgan fingerprint density at radius 1 is 1.21 bits per heavy atom. The van der Waals surface area contributed by atoms with Crippen molar-refractivity contribution in [2.75, 3.05) is 16.2 Å². The minimum Gasteiger partial charge on any atom is -0.383 e. The first kappa shape index (κ1) is 18.1. The van der Waals surface area contributed by atoms with Crippen LogP contribution in [0, 0.1) is 6.92 Å². The van der Waals surface area contributed by atoms with Gasteiger partial charge >= 0.3 is 0 Å². The van der Waals surface area contributed by atoms with Gasteiger partial charge in [-0.2, -0.15) is 5.10 Å². The van der Waals surface area contributed by atoms with E-state index in [1.165, 1.54) is 0 Å². The Balaban J connectivity index is 0.00000100. The van der Waals surface area contributed by atoms with Gasteiger partial charge in [-0.25, -0.2) is 4.98 Å². The van der Waals surface area contributed by atoms with Gasteiger partial charge in [0, 0.05) is 30.2 Å². The van der Waals surface area contributed by atoms with Crippen LogP contribution in [0.5, 0.6) is 0 Å². The zero-order valence-electron chi connectivity index (χ0n) is 14.9. The highest BCUT2D eigenvalue weighted by Crippen LogP contribution is 2.33. The van der Waals surface area contributed by atoms with Crippen LogP contribution < -0.4 is 10.5 Å². The molecular formula is C18H25N5S. The van der Waals surface area contributed by atoms with Gasteiger partial charge in [0.25, 0.3) is 0 Å². The van der Waals surface area contributed by atoms with E-state index in [-0.39, 0.29) is 0 Å². The number of fused-ring (bicyclic) bond motifs is 1. The quantitative estimate of drug-likeness (QED) is 0.676. The van der Waals surface area contributed by atoms with Gasteiger partial charge in [0.15, 0.2) is 0 Å². The van der Waals surface area contributed by atoms with Crippen molar-refractivity contribution in [3.8, 4) is 11.3 Å². The fraction of sp³-hybridized carbons (Fsp3) is 0.333. The highest BCUT2D eigenvalue weighted by atomic mass is 32.2. The van der Waals surface area contributed by atoms with E-state index in [9.17, 15) is 0 Å². The summed E-state index contributed by atoms with van der Waals surface area (Å²) in [6.45, 7) is 8.14. The van der Waals surface area contributed by atoms with E-state index in [0.29, 0.717) is 5.82 Å². The molecule has 6 heteroatoms. The van der Waals surface area contributed by atoms with Crippen LogP contribution in [0.3, 0.4) is 0 Å². The number of rotatable bonds is 4. The maximum absolute atomic E-state index is 6.09. The lowest BCUT2D eigenvalue weighted by molar-refractivity contribution is 0.798. The van der Waals surface area contributed by atoms with E-state index in [2.05, 4.69) is 46.0 Å². The summed E-state index contributed by atoms with van der Waals surface area (Å²) in [5.74, 6) is 1.54. The molecule has 0 aliphatic rings. The summed E-state index contributed by atoms with van der Waals surface area (Å²) in [6, 6.07) is 8.22. The Morgan fingerprint density at radius 2 is 1.88 bits per heavy atom. The SMILES string of the molecule is CC.CCSNc1ccc(-c2nn(C)c3c(C)cnc(N)c23)cc1. The first-order valence-electron chi connectivity index (χ1n) is 8.17. The molecule has 0 saturated heterocycles. The Kier molecular flexibility index (Phi) is 6.09. The number of nitrogens with zero attached hydrogens (tertiary/aromatic N) is 3. The molecule has 0 fully saturated rings. The smallest absolute Gasteiger partial charge is 0.135 e. The number of pyridine rings is 1. The molecule has 1 aromatic carbocycles. The normalized spacial score (nSPS) is 10.4. The van der Waals surface area contributed by atoms with Crippen molar-refractivity contribution < 1.29 is 0 Å². The van der Waals surface area contributed by atoms with Crippen LogP contribution in [0.2, 0.25) is 0 Å². The molecule has 5 nitrogen and oxygen atoms in total. The van der Waals surface area contributed by atoms with Crippen molar-refractivity contribution in [2.45, 2.75) is 27.7 Å². The van der Waals surface area contributed by atoms with E-state index in [4.69, 9.17) is 5.73 Å². The third-order valence-electron chi connectivity index (χ3n) is 3.57. The summed E-state index contributed by atoms with van der Waals surface area (Å²) in [4.78, 5) is 4.27. The molecule has 0 atom stereocenters. The van der Waals surface area contributed by atoms with Crippen molar-refractivity contribution >= 4 is 34.4 Å². The number of nitrogens with one attached hydrogen (secondary N) is 1. The molecule has 0 unspecified atom stereocenters. The predicted octanol–water partition coefficient (Wildman–Crippen LogP) is 4.63. The zero-order valence-corrected chi connectivity index (χ0v) is 15.7. The second-order valence-corrected chi connectivity index (χ2v) is 6.20. The Morgan fingerprint density at radius 3 is 2.50 bits per heavy atom. The van der Waals surface area contributed by atoms with Crippen molar-refractivity contribution in [3.63, 3.8) is 0 Å². The zero-order chi connectivity index (χ0) is 17.7. The number of aryl methyl sites for hydroxylation is 2. The molecule has 0 aliphatic carbocycles. The molecule has 3 rings (SSSR count). The van der Waals surface area contributed by atoms with Crippen molar-refractivity contribution in [1.82, 2.24) is 14.8 Å². The average molecular weight is 344 g/mol. The Labute approximate surface area is 147 Å².